The Morgan fingerprint density at radius 3 is 2.42 bits per heavy atom. The van der Waals surface area contributed by atoms with E-state index in [4.69, 9.17) is 29.4 Å². The minimum atomic E-state index is -2.10. The number of carboxylic acid groups (broad SMARTS) is 1. The van der Waals surface area contributed by atoms with Crippen molar-refractivity contribution in [3.63, 3.8) is 0 Å². The zero-order valence-corrected chi connectivity index (χ0v) is 28.6. The summed E-state index contributed by atoms with van der Waals surface area (Å²) in [5.41, 5.74) is 6.00. The molecule has 280 valence electrons. The van der Waals surface area contributed by atoms with Crippen molar-refractivity contribution in [3.8, 4) is 0 Å². The van der Waals surface area contributed by atoms with Crippen LogP contribution in [-0.4, -0.2) is 122 Å². The quantitative estimate of drug-likeness (QED) is 0.152. The average molecular weight is 708 g/mol. The van der Waals surface area contributed by atoms with Crippen LogP contribution in [0.25, 0.3) is 0 Å². The summed E-state index contributed by atoms with van der Waals surface area (Å²) in [5, 5.41) is 64.2. The first kappa shape index (κ1) is 40.0. The van der Waals surface area contributed by atoms with Crippen LogP contribution < -0.4 is 5.73 Å². The normalized spacial score (nSPS) is 45.1. The molecule has 4 aliphatic rings. The fraction of sp³-hybridized carbons (Fsp3) is 0.667. The number of aliphatic carboxylic acids is 1. The molecule has 2 bridgehead atoms. The predicted molar refractivity (Wildman–Crippen MR) is 179 cm³/mol. The van der Waals surface area contributed by atoms with Crippen LogP contribution >= 0.6 is 0 Å². The maximum Gasteiger partial charge on any atom is 0.330 e. The van der Waals surface area contributed by atoms with Gasteiger partial charge in [0.1, 0.15) is 24.2 Å². The van der Waals surface area contributed by atoms with Crippen LogP contribution in [0.5, 0.6) is 0 Å². The van der Waals surface area contributed by atoms with Gasteiger partial charge >= 0.3 is 11.9 Å². The number of fused-ring (bicyclic) bond motifs is 3. The van der Waals surface area contributed by atoms with E-state index in [0.29, 0.717) is 6.42 Å². The molecule has 4 rings (SSSR count). The highest BCUT2D eigenvalue weighted by atomic mass is 16.7. The molecule has 0 radical (unpaired) electrons. The number of hydrogen-bond donors (Lipinski definition) is 7. The third-order valence-corrected chi connectivity index (χ3v) is 9.35. The van der Waals surface area contributed by atoms with Gasteiger partial charge in [-0.2, -0.15) is 0 Å². The van der Waals surface area contributed by atoms with Gasteiger partial charge in [-0.1, -0.05) is 68.4 Å². The average Bonchev–Trinajstić information content (AvgIpc) is 3.78. The minimum Gasteiger partial charge on any atom is -0.481 e. The van der Waals surface area contributed by atoms with E-state index in [2.05, 4.69) is 6.92 Å². The lowest BCUT2D eigenvalue weighted by Gasteiger charge is -2.45. The predicted octanol–water partition coefficient (Wildman–Crippen LogP) is 1.29. The first-order valence-corrected chi connectivity index (χ1v) is 17.4. The van der Waals surface area contributed by atoms with Crippen molar-refractivity contribution in [2.75, 3.05) is 0 Å². The standard InChI is InChI=1S/C36H53NO13/c1-3-4-12-23-13-10-8-6-5-7-9-11-14-24(48-35-33(42)31(37)32(41)21(2)46-35)18-28-30(34(43)44)25(39)20-36(45,50-28)19-22(38)17-27-26(49-27)15-16-29(40)47-23/h5-11,14-16,21-28,30-33,35,38-39,41-42,45H,3-4,12-13,17-20,37H2,1-2H3,(H,43,44)/b6-5-,9-7+,10-8-,14-11+,16-15-/t21-,22+,23?,24+,25+,26-,27-,28+,30-,31+,32-,33+,35+,36-/m1/s1. The third kappa shape index (κ3) is 11.6. The maximum absolute atomic E-state index is 12.5. The molecule has 14 nitrogen and oxygen atoms in total. The number of epoxide rings is 1. The Morgan fingerprint density at radius 2 is 1.70 bits per heavy atom. The van der Waals surface area contributed by atoms with Crippen LogP contribution in [0.4, 0.5) is 0 Å². The van der Waals surface area contributed by atoms with Crippen LogP contribution in [-0.2, 0) is 33.3 Å². The molecule has 8 N–H and O–H groups in total. The molecule has 0 aromatic carbocycles. The molecule has 3 fully saturated rings. The van der Waals surface area contributed by atoms with Crippen molar-refractivity contribution in [3.05, 3.63) is 60.8 Å². The largest absolute Gasteiger partial charge is 0.481 e. The van der Waals surface area contributed by atoms with Gasteiger partial charge in [0.2, 0.25) is 0 Å². The SMILES string of the molecule is CCCCC1C\C=C/C=C\C=C\C=C\[C@H](O[C@@H]2O[C@H](C)[C@@H](O)[C@H](N)[C@@H]2O)C[C@@H]2O[C@](O)(C[C@@H](O)C[C@H]3O[C@@H]3/C=C\C(=O)O1)C[C@H](O)[C@H]2C(=O)O. The molecular weight excluding hydrogens is 654 g/mol. The summed E-state index contributed by atoms with van der Waals surface area (Å²) in [6.45, 7) is 3.64. The second kappa shape index (κ2) is 18.6. The molecule has 50 heavy (non-hydrogen) atoms. The van der Waals surface area contributed by atoms with Crippen molar-refractivity contribution in [2.45, 2.75) is 144 Å². The fourth-order valence-electron chi connectivity index (χ4n) is 6.54. The molecule has 1 unspecified atom stereocenters. The zero-order chi connectivity index (χ0) is 36.4. The van der Waals surface area contributed by atoms with Crippen molar-refractivity contribution in [2.24, 2.45) is 11.7 Å². The Kier molecular flexibility index (Phi) is 14.9. The van der Waals surface area contributed by atoms with Crippen molar-refractivity contribution < 1.29 is 63.9 Å². The molecule has 4 heterocycles. The van der Waals surface area contributed by atoms with E-state index in [-0.39, 0.29) is 25.4 Å². The second-order valence-corrected chi connectivity index (χ2v) is 13.5. The summed E-state index contributed by atoms with van der Waals surface area (Å²) in [4.78, 5) is 24.8. The number of rotatable bonds is 6. The lowest BCUT2D eigenvalue weighted by Crippen LogP contribution is -2.61. The van der Waals surface area contributed by atoms with Gasteiger partial charge in [0.05, 0.1) is 48.8 Å². The second-order valence-electron chi connectivity index (χ2n) is 13.5. The molecule has 0 aliphatic carbocycles. The van der Waals surface area contributed by atoms with Crippen molar-refractivity contribution in [1.29, 1.82) is 0 Å². The highest BCUT2D eigenvalue weighted by Gasteiger charge is 2.51. The minimum absolute atomic E-state index is 0.0816. The number of carboxylic acids is 1. The highest BCUT2D eigenvalue weighted by Crippen LogP contribution is 2.39. The lowest BCUT2D eigenvalue weighted by atomic mass is 9.83. The maximum atomic E-state index is 12.5. The number of esters is 1. The number of cyclic esters (lactones) is 1. The van der Waals surface area contributed by atoms with E-state index < -0.39 is 97.3 Å². The molecule has 3 saturated heterocycles. The van der Waals surface area contributed by atoms with Crippen LogP contribution in [0.15, 0.2) is 60.8 Å². The summed E-state index contributed by atoms with van der Waals surface area (Å²) >= 11 is 0. The van der Waals surface area contributed by atoms with Gasteiger partial charge in [0.15, 0.2) is 12.1 Å². The molecule has 14 atom stereocenters. The summed E-state index contributed by atoms with van der Waals surface area (Å²) in [5.74, 6) is -5.41. The van der Waals surface area contributed by atoms with Gasteiger partial charge in [0, 0.05) is 38.2 Å². The van der Waals surface area contributed by atoms with E-state index >= 15 is 0 Å². The Morgan fingerprint density at radius 1 is 0.980 bits per heavy atom. The first-order chi connectivity index (χ1) is 23.8. The zero-order valence-electron chi connectivity index (χ0n) is 28.6. The van der Waals surface area contributed by atoms with E-state index in [1.54, 1.807) is 43.4 Å². The van der Waals surface area contributed by atoms with E-state index in [9.17, 15) is 40.2 Å². The first-order valence-electron chi connectivity index (χ1n) is 17.4. The number of ether oxygens (including phenoxy) is 5. The molecule has 0 amide bonds. The van der Waals surface area contributed by atoms with Crippen LogP contribution in [0.3, 0.4) is 0 Å². The number of hydrogen-bond acceptors (Lipinski definition) is 13. The highest BCUT2D eigenvalue weighted by molar-refractivity contribution is 5.82. The molecule has 0 spiro atoms. The van der Waals surface area contributed by atoms with Crippen LogP contribution in [0.2, 0.25) is 0 Å². The molecular formula is C36H53NO13. The van der Waals surface area contributed by atoms with Gasteiger partial charge in [-0.15, -0.1) is 0 Å². The van der Waals surface area contributed by atoms with Gasteiger partial charge in [-0.25, -0.2) is 4.79 Å². The summed E-state index contributed by atoms with van der Waals surface area (Å²) in [6.07, 6.45) is 8.24. The lowest BCUT2D eigenvalue weighted by molar-refractivity contribution is -0.308. The molecule has 0 aromatic rings. The molecule has 0 saturated carbocycles. The topological polar surface area (TPSA) is 231 Å². The number of nitrogens with two attached hydrogens (primary N) is 1. The Labute approximate surface area is 292 Å². The van der Waals surface area contributed by atoms with E-state index in [0.717, 1.165) is 19.3 Å². The van der Waals surface area contributed by atoms with Gasteiger partial charge < -0.3 is 60.1 Å². The Hall–Kier alpha value is -2.76. The molecule has 4 aliphatic heterocycles. The fourth-order valence-corrected chi connectivity index (χ4v) is 6.54. The Bertz CT molecular complexity index is 1270. The van der Waals surface area contributed by atoms with Gasteiger partial charge in [-0.3, -0.25) is 4.79 Å². The number of carbonyl (C=O) groups excluding carboxylic acids is 1. The van der Waals surface area contributed by atoms with E-state index in [1.807, 2.05) is 18.2 Å². The van der Waals surface area contributed by atoms with E-state index in [1.165, 1.54) is 6.08 Å². The number of aliphatic hydroxyl groups excluding tert-OH is 4. The smallest absolute Gasteiger partial charge is 0.330 e. The van der Waals surface area contributed by atoms with Crippen molar-refractivity contribution >= 4 is 11.9 Å². The number of unbranched alkanes of at least 4 members (excludes halogenated alkanes) is 1. The monoisotopic (exact) mass is 707 g/mol. The van der Waals surface area contributed by atoms with Crippen LogP contribution in [0, 0.1) is 5.92 Å². The van der Waals surface area contributed by atoms with Crippen LogP contribution in [0.1, 0.15) is 65.2 Å². The third-order valence-electron chi connectivity index (χ3n) is 9.35. The number of carbonyl (C=O) groups is 2. The summed E-state index contributed by atoms with van der Waals surface area (Å²) in [7, 11) is 0. The van der Waals surface area contributed by atoms with Gasteiger partial charge in [0.25, 0.3) is 0 Å². The molecule has 0 aromatic heterocycles. The van der Waals surface area contributed by atoms with Gasteiger partial charge in [-0.05, 0) is 19.4 Å². The number of aliphatic hydroxyl groups is 5. The number of allylic oxidation sites excluding steroid dienone is 6. The van der Waals surface area contributed by atoms with Crippen molar-refractivity contribution in [1.82, 2.24) is 0 Å². The Balaban J connectivity index is 1.58. The summed E-state index contributed by atoms with van der Waals surface area (Å²) in [6, 6.07) is -1.08. The molecule has 14 heteroatoms. The summed E-state index contributed by atoms with van der Waals surface area (Å²) < 4.78 is 29.0.